The quantitative estimate of drug-likeness (QED) is 0.612. The second-order valence-electron chi connectivity index (χ2n) is 6.33. The lowest BCUT2D eigenvalue weighted by atomic mass is 9.92. The minimum Gasteiger partial charge on any atom is -0.0906 e. The Morgan fingerprint density at radius 1 is 0.818 bits per heavy atom. The number of hydrogen-bond donors (Lipinski definition) is 0. The molecule has 1 fully saturated rings. The number of aryl methyl sites for hydroxylation is 1. The van der Waals surface area contributed by atoms with Gasteiger partial charge in [-0.2, -0.15) is 0 Å². The van der Waals surface area contributed by atoms with E-state index in [9.17, 15) is 0 Å². The van der Waals surface area contributed by atoms with Crippen molar-refractivity contribution in [1.82, 2.24) is 0 Å². The Kier molecular flexibility index (Phi) is 4.58. The van der Waals surface area contributed by atoms with E-state index in [1.165, 1.54) is 54.4 Å². The van der Waals surface area contributed by atoms with Gasteiger partial charge < -0.3 is 0 Å². The highest BCUT2D eigenvalue weighted by Crippen LogP contribution is 2.26. The molecule has 1 aliphatic carbocycles. The van der Waals surface area contributed by atoms with Crippen molar-refractivity contribution < 1.29 is 0 Å². The van der Waals surface area contributed by atoms with Gasteiger partial charge in [-0.05, 0) is 54.9 Å². The van der Waals surface area contributed by atoms with Crippen LogP contribution in [0, 0.1) is 6.92 Å². The fourth-order valence-electron chi connectivity index (χ4n) is 3.09. The first-order valence-electron chi connectivity index (χ1n) is 8.28. The third-order valence-electron chi connectivity index (χ3n) is 4.53. The van der Waals surface area contributed by atoms with Crippen molar-refractivity contribution in [2.75, 3.05) is 0 Å². The molecular weight excluding hydrogens is 264 g/mol. The molecule has 112 valence electrons. The Morgan fingerprint density at radius 3 is 1.95 bits per heavy atom. The zero-order valence-electron chi connectivity index (χ0n) is 13.4. The molecule has 0 radical (unpaired) electrons. The summed E-state index contributed by atoms with van der Waals surface area (Å²) in [6, 6.07) is 17.4. The van der Waals surface area contributed by atoms with Crippen molar-refractivity contribution in [3.63, 3.8) is 0 Å². The molecule has 0 amide bonds. The van der Waals surface area contributed by atoms with Crippen LogP contribution < -0.4 is 0 Å². The molecule has 0 N–H and O–H groups in total. The van der Waals surface area contributed by atoms with Gasteiger partial charge in [-0.15, -0.1) is 0 Å². The summed E-state index contributed by atoms with van der Waals surface area (Å²) in [5.41, 5.74) is 7.70. The summed E-state index contributed by atoms with van der Waals surface area (Å²) in [6.07, 6.45) is 9.03. The van der Waals surface area contributed by atoms with E-state index in [1.54, 1.807) is 5.57 Å². The molecule has 0 saturated heterocycles. The second-order valence-corrected chi connectivity index (χ2v) is 6.33. The number of rotatable bonds is 3. The summed E-state index contributed by atoms with van der Waals surface area (Å²) >= 11 is 0. The predicted octanol–water partition coefficient (Wildman–Crippen LogP) is 6.40. The minimum atomic E-state index is 1.09. The van der Waals surface area contributed by atoms with Gasteiger partial charge in [0, 0.05) is 0 Å². The van der Waals surface area contributed by atoms with Crippen molar-refractivity contribution in [1.29, 1.82) is 0 Å². The van der Waals surface area contributed by atoms with Gasteiger partial charge in [0.1, 0.15) is 0 Å². The molecule has 0 spiro atoms. The van der Waals surface area contributed by atoms with Crippen LogP contribution in [0.1, 0.15) is 54.4 Å². The average molecular weight is 288 g/mol. The fraction of sp³-hybridized carbons (Fsp3) is 0.273. The Labute approximate surface area is 134 Å². The molecule has 2 aromatic rings. The lowest BCUT2D eigenvalue weighted by Gasteiger charge is -2.13. The van der Waals surface area contributed by atoms with Gasteiger partial charge in [-0.3, -0.25) is 0 Å². The van der Waals surface area contributed by atoms with Crippen LogP contribution in [0.2, 0.25) is 0 Å². The smallest absolute Gasteiger partial charge is 0.0183 e. The monoisotopic (exact) mass is 288 g/mol. The molecule has 0 nitrogen and oxygen atoms in total. The highest BCUT2D eigenvalue weighted by molar-refractivity contribution is 5.78. The maximum Gasteiger partial charge on any atom is -0.0183 e. The van der Waals surface area contributed by atoms with E-state index in [0.29, 0.717) is 0 Å². The van der Waals surface area contributed by atoms with Crippen LogP contribution in [0.4, 0.5) is 0 Å². The van der Waals surface area contributed by atoms with E-state index >= 15 is 0 Å². The van der Waals surface area contributed by atoms with Crippen molar-refractivity contribution in [3.05, 3.63) is 82.9 Å². The molecule has 0 bridgehead atoms. The van der Waals surface area contributed by atoms with E-state index in [4.69, 9.17) is 0 Å². The van der Waals surface area contributed by atoms with Crippen molar-refractivity contribution in [3.8, 4) is 0 Å². The Morgan fingerprint density at radius 2 is 1.36 bits per heavy atom. The third kappa shape index (κ3) is 3.57. The number of allylic oxidation sites excluding steroid dienone is 1. The summed E-state index contributed by atoms with van der Waals surface area (Å²) in [6.45, 7) is 6.37. The molecule has 1 aliphatic rings. The maximum atomic E-state index is 4.25. The summed E-state index contributed by atoms with van der Waals surface area (Å²) in [5.74, 6) is 0. The topological polar surface area (TPSA) is 0 Å². The first kappa shape index (κ1) is 14.8. The minimum absolute atomic E-state index is 1.09. The molecule has 22 heavy (non-hydrogen) atoms. The average Bonchev–Trinajstić information content (AvgIpc) is 2.57. The maximum absolute atomic E-state index is 4.25. The van der Waals surface area contributed by atoms with Gasteiger partial charge in [-0.1, -0.05) is 78.7 Å². The van der Waals surface area contributed by atoms with E-state index in [1.807, 2.05) is 0 Å². The molecule has 0 heteroatoms. The first-order valence-corrected chi connectivity index (χ1v) is 8.28. The zero-order valence-corrected chi connectivity index (χ0v) is 13.4. The summed E-state index contributed by atoms with van der Waals surface area (Å²) < 4.78 is 0. The zero-order chi connectivity index (χ0) is 15.4. The molecule has 3 rings (SSSR count). The highest BCUT2D eigenvalue weighted by atomic mass is 14.1. The van der Waals surface area contributed by atoms with Crippen LogP contribution in [0.15, 0.2) is 60.7 Å². The van der Waals surface area contributed by atoms with Gasteiger partial charge in [0.25, 0.3) is 0 Å². The lowest BCUT2D eigenvalue weighted by Crippen LogP contribution is -1.93. The van der Waals surface area contributed by atoms with Crippen molar-refractivity contribution in [2.24, 2.45) is 0 Å². The van der Waals surface area contributed by atoms with Gasteiger partial charge >= 0.3 is 0 Å². The van der Waals surface area contributed by atoms with Crippen LogP contribution in [0.25, 0.3) is 11.6 Å². The predicted molar refractivity (Wildman–Crippen MR) is 96.8 cm³/mol. The van der Waals surface area contributed by atoms with E-state index < -0.39 is 0 Å². The Balaban J connectivity index is 1.76. The largest absolute Gasteiger partial charge is 0.0906 e. The molecular formula is C22H24. The van der Waals surface area contributed by atoms with Crippen LogP contribution in [-0.2, 0) is 0 Å². The molecule has 0 unspecified atom stereocenters. The summed E-state index contributed by atoms with van der Waals surface area (Å²) in [5, 5.41) is 0. The van der Waals surface area contributed by atoms with Crippen molar-refractivity contribution >= 4 is 11.6 Å². The van der Waals surface area contributed by atoms with E-state index in [0.717, 1.165) is 5.57 Å². The number of benzene rings is 2. The van der Waals surface area contributed by atoms with Crippen LogP contribution in [-0.4, -0.2) is 0 Å². The van der Waals surface area contributed by atoms with Gasteiger partial charge in [0.2, 0.25) is 0 Å². The van der Waals surface area contributed by atoms with Gasteiger partial charge in [-0.25, -0.2) is 0 Å². The molecule has 2 aromatic carbocycles. The second kappa shape index (κ2) is 6.79. The van der Waals surface area contributed by atoms with E-state index in [-0.39, 0.29) is 0 Å². The normalized spacial score (nSPS) is 14.7. The molecule has 0 atom stereocenters. The molecule has 0 aliphatic heterocycles. The molecule has 1 saturated carbocycles. The highest BCUT2D eigenvalue weighted by Gasteiger charge is 2.06. The standard InChI is InChI=1S/C22H24/c1-17-8-12-21(13-9-17)18(2)22-14-10-20(11-15-22)16-19-6-4-3-5-7-19/h8-16H,2-7H2,1H3. The van der Waals surface area contributed by atoms with E-state index in [2.05, 4.69) is 68.1 Å². The molecule has 0 aromatic heterocycles. The lowest BCUT2D eigenvalue weighted by molar-refractivity contribution is 0.602. The molecule has 0 heterocycles. The summed E-state index contributed by atoms with van der Waals surface area (Å²) in [7, 11) is 0. The van der Waals surface area contributed by atoms with Crippen molar-refractivity contribution in [2.45, 2.75) is 39.0 Å². The van der Waals surface area contributed by atoms with Crippen LogP contribution >= 0.6 is 0 Å². The van der Waals surface area contributed by atoms with Gasteiger partial charge in [0.05, 0.1) is 0 Å². The number of hydrogen-bond acceptors (Lipinski definition) is 0. The van der Waals surface area contributed by atoms with Gasteiger partial charge in [0.15, 0.2) is 0 Å². The first-order chi connectivity index (χ1) is 10.7. The fourth-order valence-corrected chi connectivity index (χ4v) is 3.09. The summed E-state index contributed by atoms with van der Waals surface area (Å²) in [4.78, 5) is 0. The Hall–Kier alpha value is -2.08. The van der Waals surface area contributed by atoms with Crippen LogP contribution in [0.5, 0.6) is 0 Å². The SMILES string of the molecule is C=C(c1ccc(C)cc1)c1ccc(C=C2CCCCC2)cc1. The van der Waals surface area contributed by atoms with Crippen LogP contribution in [0.3, 0.4) is 0 Å². The Bertz CT molecular complexity index is 661. The third-order valence-corrected chi connectivity index (χ3v) is 4.53.